The molecule has 0 radical (unpaired) electrons. The zero-order valence-electron chi connectivity index (χ0n) is 11.6. The van der Waals surface area contributed by atoms with Gasteiger partial charge in [0.1, 0.15) is 0 Å². The average molecular weight is 280 g/mol. The minimum Gasteiger partial charge on any atom is -0.407 e. The predicted octanol–water partition coefficient (Wildman–Crippen LogP) is 3.11. The van der Waals surface area contributed by atoms with Crippen molar-refractivity contribution < 1.29 is 4.42 Å². The van der Waals surface area contributed by atoms with E-state index in [9.17, 15) is 0 Å². The number of hydrogen-bond acceptors (Lipinski definition) is 6. The summed E-state index contributed by atoms with van der Waals surface area (Å²) in [5, 5.41) is 14.5. The molecule has 104 valence electrons. The lowest BCUT2D eigenvalue weighted by molar-refractivity contribution is 0.474. The maximum Gasteiger partial charge on any atom is 0.316 e. The number of nitrogens with one attached hydrogen (secondary N) is 2. The van der Waals surface area contributed by atoms with Crippen LogP contribution in [-0.2, 0) is 6.54 Å². The maximum absolute atomic E-state index is 5.54. The third-order valence-electron chi connectivity index (χ3n) is 2.70. The number of rotatable bonds is 7. The highest BCUT2D eigenvalue weighted by molar-refractivity contribution is 7.12. The van der Waals surface area contributed by atoms with Gasteiger partial charge in [-0.2, -0.15) is 0 Å². The molecule has 0 saturated heterocycles. The Bertz CT molecular complexity index is 508. The van der Waals surface area contributed by atoms with Crippen molar-refractivity contribution in [3.8, 4) is 0 Å². The van der Waals surface area contributed by atoms with Crippen LogP contribution < -0.4 is 10.6 Å². The van der Waals surface area contributed by atoms with Crippen LogP contribution in [0.1, 0.15) is 42.0 Å². The molecule has 0 aliphatic heterocycles. The van der Waals surface area contributed by atoms with Crippen molar-refractivity contribution in [2.24, 2.45) is 0 Å². The number of aromatic nitrogens is 2. The van der Waals surface area contributed by atoms with Crippen molar-refractivity contribution in [3.05, 3.63) is 27.8 Å². The van der Waals surface area contributed by atoms with Gasteiger partial charge in [0.15, 0.2) is 0 Å². The first-order valence-electron chi connectivity index (χ1n) is 6.55. The van der Waals surface area contributed by atoms with Gasteiger partial charge in [0.2, 0.25) is 5.89 Å². The second-order valence-corrected chi connectivity index (χ2v) is 5.81. The third kappa shape index (κ3) is 4.04. The molecule has 0 spiro atoms. The summed E-state index contributed by atoms with van der Waals surface area (Å²) in [6.45, 7) is 7.89. The van der Waals surface area contributed by atoms with Gasteiger partial charge < -0.3 is 15.1 Å². The van der Waals surface area contributed by atoms with E-state index in [2.05, 4.69) is 53.7 Å². The Balaban J connectivity index is 1.88. The van der Waals surface area contributed by atoms with Crippen molar-refractivity contribution >= 4 is 17.4 Å². The van der Waals surface area contributed by atoms with Gasteiger partial charge in [0, 0.05) is 9.75 Å². The number of thiophene rings is 1. The van der Waals surface area contributed by atoms with Gasteiger partial charge in [0.05, 0.1) is 12.6 Å². The van der Waals surface area contributed by atoms with Gasteiger partial charge in [-0.1, -0.05) is 12.0 Å². The van der Waals surface area contributed by atoms with E-state index < -0.39 is 0 Å². The standard InChI is InChI=1S/C13H20N4OS/c1-4-7-14-8-12-16-17-13(18-12)15-10(3)11-6-5-9(2)19-11/h5-6,10,14H,4,7-8H2,1-3H3,(H,15,17). The number of nitrogens with zero attached hydrogens (tertiary/aromatic N) is 2. The van der Waals surface area contributed by atoms with E-state index in [-0.39, 0.29) is 6.04 Å². The Labute approximate surface area is 117 Å². The molecule has 2 rings (SSSR count). The van der Waals surface area contributed by atoms with E-state index in [0.717, 1.165) is 13.0 Å². The summed E-state index contributed by atoms with van der Waals surface area (Å²) in [6.07, 6.45) is 1.09. The largest absolute Gasteiger partial charge is 0.407 e. The Morgan fingerprint density at radius 2 is 2.21 bits per heavy atom. The zero-order chi connectivity index (χ0) is 13.7. The van der Waals surface area contributed by atoms with Crippen LogP contribution in [-0.4, -0.2) is 16.7 Å². The molecule has 0 amide bonds. The molecule has 2 aromatic heterocycles. The highest BCUT2D eigenvalue weighted by atomic mass is 32.1. The summed E-state index contributed by atoms with van der Waals surface area (Å²) < 4.78 is 5.54. The van der Waals surface area contributed by atoms with Crippen LogP contribution in [0.4, 0.5) is 6.01 Å². The molecular weight excluding hydrogens is 260 g/mol. The van der Waals surface area contributed by atoms with Gasteiger partial charge >= 0.3 is 6.01 Å². The topological polar surface area (TPSA) is 63.0 Å². The first-order chi connectivity index (χ1) is 9.19. The van der Waals surface area contributed by atoms with Crippen LogP contribution >= 0.6 is 11.3 Å². The molecule has 6 heteroatoms. The molecule has 2 aromatic rings. The predicted molar refractivity (Wildman–Crippen MR) is 77.4 cm³/mol. The number of hydrogen-bond donors (Lipinski definition) is 2. The Morgan fingerprint density at radius 3 is 2.89 bits per heavy atom. The Hall–Kier alpha value is -1.40. The van der Waals surface area contributed by atoms with Gasteiger partial charge in [-0.25, -0.2) is 0 Å². The minimum absolute atomic E-state index is 0.176. The molecule has 0 saturated carbocycles. The third-order valence-corrected chi connectivity index (χ3v) is 3.88. The lowest BCUT2D eigenvalue weighted by Crippen LogP contribution is -2.13. The molecule has 0 aliphatic rings. The molecule has 0 aliphatic carbocycles. The quantitative estimate of drug-likeness (QED) is 0.763. The summed E-state index contributed by atoms with van der Waals surface area (Å²) in [6, 6.07) is 4.89. The van der Waals surface area contributed by atoms with Crippen molar-refractivity contribution in [2.45, 2.75) is 39.8 Å². The summed E-state index contributed by atoms with van der Waals surface area (Å²) in [5.74, 6) is 0.616. The van der Waals surface area contributed by atoms with Crippen LogP contribution in [0.15, 0.2) is 16.5 Å². The normalized spacial score (nSPS) is 12.6. The molecule has 2 heterocycles. The van der Waals surface area contributed by atoms with Crippen molar-refractivity contribution in [2.75, 3.05) is 11.9 Å². The fourth-order valence-corrected chi connectivity index (χ4v) is 2.58. The Morgan fingerprint density at radius 1 is 1.37 bits per heavy atom. The Kier molecular flexibility index (Phi) is 4.93. The maximum atomic E-state index is 5.54. The van der Waals surface area contributed by atoms with Crippen LogP contribution in [0.3, 0.4) is 0 Å². The zero-order valence-corrected chi connectivity index (χ0v) is 12.4. The lowest BCUT2D eigenvalue weighted by atomic mass is 10.3. The lowest BCUT2D eigenvalue weighted by Gasteiger charge is -2.08. The van der Waals surface area contributed by atoms with Gasteiger partial charge in [0.25, 0.3) is 0 Å². The smallest absolute Gasteiger partial charge is 0.316 e. The fourth-order valence-electron chi connectivity index (χ4n) is 1.70. The molecule has 0 fully saturated rings. The molecule has 0 aromatic carbocycles. The van der Waals surface area contributed by atoms with Crippen LogP contribution in [0.5, 0.6) is 0 Å². The van der Waals surface area contributed by atoms with E-state index in [1.165, 1.54) is 9.75 Å². The second-order valence-electron chi connectivity index (χ2n) is 4.49. The monoisotopic (exact) mass is 280 g/mol. The van der Waals surface area contributed by atoms with Crippen molar-refractivity contribution in [1.82, 2.24) is 15.5 Å². The van der Waals surface area contributed by atoms with Gasteiger partial charge in [-0.15, -0.1) is 16.4 Å². The summed E-state index contributed by atoms with van der Waals surface area (Å²) in [7, 11) is 0. The van der Waals surface area contributed by atoms with E-state index in [1.54, 1.807) is 11.3 Å². The van der Waals surface area contributed by atoms with E-state index in [4.69, 9.17) is 4.42 Å². The SMILES string of the molecule is CCCNCc1nnc(NC(C)c2ccc(C)s2)o1. The molecule has 1 unspecified atom stereocenters. The molecule has 19 heavy (non-hydrogen) atoms. The second kappa shape index (κ2) is 6.68. The molecule has 2 N–H and O–H groups in total. The first-order valence-corrected chi connectivity index (χ1v) is 7.36. The molecular formula is C13H20N4OS. The fraction of sp³-hybridized carbons (Fsp3) is 0.538. The van der Waals surface area contributed by atoms with Crippen molar-refractivity contribution in [1.29, 1.82) is 0 Å². The molecule has 1 atom stereocenters. The van der Waals surface area contributed by atoms with Crippen LogP contribution in [0.2, 0.25) is 0 Å². The van der Waals surface area contributed by atoms with Crippen LogP contribution in [0.25, 0.3) is 0 Å². The highest BCUT2D eigenvalue weighted by Gasteiger charge is 2.11. The molecule has 5 nitrogen and oxygen atoms in total. The van der Waals surface area contributed by atoms with E-state index in [0.29, 0.717) is 18.5 Å². The summed E-state index contributed by atoms with van der Waals surface area (Å²) in [5.41, 5.74) is 0. The van der Waals surface area contributed by atoms with E-state index in [1.807, 2.05) is 0 Å². The van der Waals surface area contributed by atoms with Crippen LogP contribution in [0, 0.1) is 6.92 Å². The number of aryl methyl sites for hydroxylation is 1. The van der Waals surface area contributed by atoms with E-state index >= 15 is 0 Å². The number of anilines is 1. The first kappa shape index (κ1) is 14.0. The summed E-state index contributed by atoms with van der Waals surface area (Å²) >= 11 is 1.77. The van der Waals surface area contributed by atoms with Crippen molar-refractivity contribution in [3.63, 3.8) is 0 Å². The van der Waals surface area contributed by atoms with Gasteiger partial charge in [-0.05, 0) is 38.9 Å². The molecule has 0 bridgehead atoms. The minimum atomic E-state index is 0.176. The summed E-state index contributed by atoms with van der Waals surface area (Å²) in [4.78, 5) is 2.57. The highest BCUT2D eigenvalue weighted by Crippen LogP contribution is 2.25. The van der Waals surface area contributed by atoms with Gasteiger partial charge in [-0.3, -0.25) is 0 Å². The average Bonchev–Trinajstić information content (AvgIpc) is 2.99.